The van der Waals surface area contributed by atoms with Crippen molar-refractivity contribution < 1.29 is 5.11 Å². The Bertz CT molecular complexity index is 397. The van der Waals surface area contributed by atoms with Gasteiger partial charge in [0.1, 0.15) is 5.75 Å². The third kappa shape index (κ3) is 2.25. The highest BCUT2D eigenvalue weighted by molar-refractivity contribution is 9.10. The van der Waals surface area contributed by atoms with E-state index in [0.29, 0.717) is 11.8 Å². The van der Waals surface area contributed by atoms with E-state index in [-0.39, 0.29) is 0 Å². The molecule has 1 saturated heterocycles. The molecule has 3 heteroatoms. The molecule has 1 atom stereocenters. The summed E-state index contributed by atoms with van der Waals surface area (Å²) in [5, 5.41) is 13.5. The molecule has 1 aliphatic rings. The molecule has 1 fully saturated rings. The van der Waals surface area contributed by atoms with Gasteiger partial charge < -0.3 is 10.4 Å². The molecular formula is C13H18BrNO. The second-order valence-corrected chi connectivity index (χ2v) is 5.43. The number of aromatic hydroxyl groups is 1. The first-order valence-corrected chi connectivity index (χ1v) is 6.60. The number of phenolic OH excluding ortho intramolecular Hbond substituents is 1. The predicted octanol–water partition coefficient (Wildman–Crippen LogP) is 3.07. The van der Waals surface area contributed by atoms with Crippen molar-refractivity contribution in [3.63, 3.8) is 0 Å². The van der Waals surface area contributed by atoms with Crippen molar-refractivity contribution in [1.29, 1.82) is 0 Å². The first-order chi connectivity index (χ1) is 7.59. The van der Waals surface area contributed by atoms with E-state index < -0.39 is 0 Å². The molecule has 0 aromatic heterocycles. The van der Waals surface area contributed by atoms with Crippen LogP contribution in [0.5, 0.6) is 5.75 Å². The van der Waals surface area contributed by atoms with Crippen LogP contribution in [-0.2, 0) is 6.42 Å². The molecule has 88 valence electrons. The fraction of sp³-hybridized carbons (Fsp3) is 0.538. The Morgan fingerprint density at radius 3 is 2.88 bits per heavy atom. The Labute approximate surface area is 105 Å². The van der Waals surface area contributed by atoms with Gasteiger partial charge >= 0.3 is 0 Å². The van der Waals surface area contributed by atoms with E-state index in [0.717, 1.165) is 28.6 Å². The second-order valence-electron chi connectivity index (χ2n) is 4.64. The quantitative estimate of drug-likeness (QED) is 0.874. The number of rotatable bonds is 2. The number of phenols is 1. The maximum atomic E-state index is 9.97. The Kier molecular flexibility index (Phi) is 3.55. The number of halogens is 1. The molecule has 1 heterocycles. The highest BCUT2D eigenvalue weighted by Crippen LogP contribution is 2.34. The number of nitrogens with one attached hydrogen (secondary N) is 1. The van der Waals surface area contributed by atoms with Crippen molar-refractivity contribution in [3.8, 4) is 5.75 Å². The van der Waals surface area contributed by atoms with E-state index in [9.17, 15) is 5.11 Å². The van der Waals surface area contributed by atoms with Gasteiger partial charge in [-0.2, -0.15) is 0 Å². The fourth-order valence-corrected chi connectivity index (χ4v) is 2.76. The highest BCUT2D eigenvalue weighted by atomic mass is 79.9. The molecule has 2 nitrogen and oxygen atoms in total. The molecule has 2 N–H and O–H groups in total. The van der Waals surface area contributed by atoms with Crippen LogP contribution in [0.3, 0.4) is 0 Å². The molecule has 1 aromatic rings. The summed E-state index contributed by atoms with van der Waals surface area (Å²) in [5.74, 6) is 0.396. The lowest BCUT2D eigenvalue weighted by atomic mass is 9.97. The highest BCUT2D eigenvalue weighted by Gasteiger charge is 2.17. The Hall–Kier alpha value is -0.540. The van der Waals surface area contributed by atoms with Crippen LogP contribution in [0.15, 0.2) is 10.5 Å². The number of hydrogen-bond acceptors (Lipinski definition) is 2. The van der Waals surface area contributed by atoms with Crippen LogP contribution < -0.4 is 5.32 Å². The lowest BCUT2D eigenvalue weighted by Gasteiger charge is -2.15. The monoisotopic (exact) mass is 283 g/mol. The summed E-state index contributed by atoms with van der Waals surface area (Å²) in [6.45, 7) is 5.14. The SMILES string of the molecule is Cc1cc(CC2CCCN2)c(C)c(O)c1Br. The van der Waals surface area contributed by atoms with Gasteiger partial charge in [-0.1, -0.05) is 6.07 Å². The van der Waals surface area contributed by atoms with Gasteiger partial charge in [-0.25, -0.2) is 0 Å². The van der Waals surface area contributed by atoms with Crippen LogP contribution in [0.4, 0.5) is 0 Å². The standard InChI is InChI=1S/C13H18BrNO/c1-8-6-10(7-11-4-3-5-15-11)9(2)13(16)12(8)14/h6,11,15-16H,3-5,7H2,1-2H3. The van der Waals surface area contributed by atoms with Crippen molar-refractivity contribution in [2.24, 2.45) is 0 Å². The first-order valence-electron chi connectivity index (χ1n) is 5.80. The molecule has 0 bridgehead atoms. The van der Waals surface area contributed by atoms with Gasteiger partial charge in [-0.05, 0) is 72.3 Å². The molecular weight excluding hydrogens is 266 g/mol. The van der Waals surface area contributed by atoms with Gasteiger partial charge in [-0.3, -0.25) is 0 Å². The predicted molar refractivity (Wildman–Crippen MR) is 70.0 cm³/mol. The normalized spacial score (nSPS) is 20.3. The Balaban J connectivity index is 2.26. The molecule has 1 aromatic carbocycles. The van der Waals surface area contributed by atoms with Crippen LogP contribution in [0.2, 0.25) is 0 Å². The average Bonchev–Trinajstić information content (AvgIpc) is 2.76. The molecule has 1 unspecified atom stereocenters. The second kappa shape index (κ2) is 4.76. The minimum Gasteiger partial charge on any atom is -0.506 e. The summed E-state index contributed by atoms with van der Waals surface area (Å²) in [4.78, 5) is 0. The zero-order chi connectivity index (χ0) is 11.7. The summed E-state index contributed by atoms with van der Waals surface area (Å²) in [6, 6.07) is 2.76. The smallest absolute Gasteiger partial charge is 0.133 e. The van der Waals surface area contributed by atoms with Crippen molar-refractivity contribution in [2.45, 2.75) is 39.2 Å². The van der Waals surface area contributed by atoms with E-state index >= 15 is 0 Å². The number of benzene rings is 1. The lowest BCUT2D eigenvalue weighted by molar-refractivity contribution is 0.465. The van der Waals surface area contributed by atoms with Crippen LogP contribution in [0.1, 0.15) is 29.5 Å². The number of aryl methyl sites for hydroxylation is 1. The van der Waals surface area contributed by atoms with Gasteiger partial charge in [0.05, 0.1) is 4.47 Å². The molecule has 0 aliphatic carbocycles. The fourth-order valence-electron chi connectivity index (χ4n) is 2.34. The van der Waals surface area contributed by atoms with Gasteiger partial charge in [0, 0.05) is 6.04 Å². The number of hydrogen-bond donors (Lipinski definition) is 2. The largest absolute Gasteiger partial charge is 0.506 e. The third-order valence-electron chi connectivity index (χ3n) is 3.41. The van der Waals surface area contributed by atoms with Gasteiger partial charge in [0.15, 0.2) is 0 Å². The average molecular weight is 284 g/mol. The summed E-state index contributed by atoms with van der Waals surface area (Å²) >= 11 is 3.41. The van der Waals surface area contributed by atoms with Crippen LogP contribution >= 0.6 is 15.9 Å². The van der Waals surface area contributed by atoms with Crippen molar-refractivity contribution in [1.82, 2.24) is 5.32 Å². The van der Waals surface area contributed by atoms with Crippen molar-refractivity contribution in [3.05, 3.63) is 27.2 Å². The van der Waals surface area contributed by atoms with E-state index in [1.807, 2.05) is 13.8 Å². The zero-order valence-electron chi connectivity index (χ0n) is 9.81. The van der Waals surface area contributed by atoms with Crippen molar-refractivity contribution >= 4 is 15.9 Å². The Morgan fingerprint density at radius 2 is 2.25 bits per heavy atom. The first kappa shape index (κ1) is 11.9. The van der Waals surface area contributed by atoms with E-state index in [2.05, 4.69) is 27.3 Å². The summed E-state index contributed by atoms with van der Waals surface area (Å²) in [6.07, 6.45) is 3.54. The third-order valence-corrected chi connectivity index (χ3v) is 4.41. The van der Waals surface area contributed by atoms with E-state index in [1.165, 1.54) is 18.4 Å². The molecule has 1 aliphatic heterocycles. The summed E-state index contributed by atoms with van der Waals surface area (Å²) in [5.41, 5.74) is 3.37. The summed E-state index contributed by atoms with van der Waals surface area (Å²) < 4.78 is 0.827. The Morgan fingerprint density at radius 1 is 1.50 bits per heavy atom. The molecule has 0 radical (unpaired) electrons. The van der Waals surface area contributed by atoms with Gasteiger partial charge in [0.25, 0.3) is 0 Å². The minimum atomic E-state index is 0.396. The van der Waals surface area contributed by atoms with Gasteiger partial charge in [0.2, 0.25) is 0 Å². The molecule has 0 spiro atoms. The van der Waals surface area contributed by atoms with E-state index in [1.54, 1.807) is 0 Å². The summed E-state index contributed by atoms with van der Waals surface area (Å²) in [7, 11) is 0. The van der Waals surface area contributed by atoms with Crippen LogP contribution in [0, 0.1) is 13.8 Å². The zero-order valence-corrected chi connectivity index (χ0v) is 11.4. The lowest BCUT2D eigenvalue weighted by Crippen LogP contribution is -2.24. The van der Waals surface area contributed by atoms with Crippen LogP contribution in [-0.4, -0.2) is 17.7 Å². The molecule has 0 amide bonds. The van der Waals surface area contributed by atoms with Gasteiger partial charge in [-0.15, -0.1) is 0 Å². The topological polar surface area (TPSA) is 32.3 Å². The molecule has 16 heavy (non-hydrogen) atoms. The van der Waals surface area contributed by atoms with Crippen molar-refractivity contribution in [2.75, 3.05) is 6.54 Å². The maximum absolute atomic E-state index is 9.97. The molecule has 2 rings (SSSR count). The molecule has 0 saturated carbocycles. The van der Waals surface area contributed by atoms with E-state index in [4.69, 9.17) is 0 Å². The minimum absolute atomic E-state index is 0.396. The van der Waals surface area contributed by atoms with Crippen LogP contribution in [0.25, 0.3) is 0 Å². The maximum Gasteiger partial charge on any atom is 0.133 e.